The van der Waals surface area contributed by atoms with Crippen LogP contribution in [0.3, 0.4) is 0 Å². The van der Waals surface area contributed by atoms with Crippen LogP contribution in [0.1, 0.15) is 28.2 Å². The van der Waals surface area contributed by atoms with Gasteiger partial charge in [0.1, 0.15) is 5.92 Å². The van der Waals surface area contributed by atoms with Gasteiger partial charge in [-0.25, -0.2) is 0 Å². The number of rotatable bonds is 8. The first-order valence-corrected chi connectivity index (χ1v) is 12.1. The number of hydrogen-bond donors (Lipinski definition) is 0. The van der Waals surface area contributed by atoms with E-state index in [-0.39, 0.29) is 5.97 Å². The fourth-order valence-corrected chi connectivity index (χ4v) is 4.84. The van der Waals surface area contributed by atoms with Gasteiger partial charge in [0.05, 0.1) is 28.4 Å². The maximum absolute atomic E-state index is 13.6. The monoisotopic (exact) mass is 508 g/mol. The maximum atomic E-state index is 13.6. The van der Waals surface area contributed by atoms with Crippen LogP contribution in [-0.2, 0) is 4.79 Å². The second-order valence-electron chi connectivity index (χ2n) is 8.73. The Bertz CT molecular complexity index is 1450. The number of carbonyl (C=O) groups is 1. The molecule has 1 aliphatic carbocycles. The first kappa shape index (κ1) is 25.0. The van der Waals surface area contributed by atoms with Crippen molar-refractivity contribution in [2.45, 2.75) is 5.92 Å². The zero-order valence-corrected chi connectivity index (χ0v) is 21.7. The second-order valence-corrected chi connectivity index (χ2v) is 8.73. The van der Waals surface area contributed by atoms with E-state index in [0.717, 1.165) is 33.4 Å². The quantitative estimate of drug-likeness (QED) is 0.152. The summed E-state index contributed by atoms with van der Waals surface area (Å²) in [5, 5.41) is 0. The Kier molecular flexibility index (Phi) is 7.05. The Morgan fingerprint density at radius 1 is 0.605 bits per heavy atom. The minimum Gasteiger partial charge on any atom is -0.493 e. The average molecular weight is 509 g/mol. The van der Waals surface area contributed by atoms with Crippen LogP contribution in [0.2, 0.25) is 0 Å². The SMILES string of the molecule is COc1ccc(/C=C\c2cc(OC)c(OC)c(OC)c2)cc1OC(=O)C1c2ccccc2-c2ccccc21. The zero-order chi connectivity index (χ0) is 26.6. The Morgan fingerprint density at radius 2 is 1.13 bits per heavy atom. The summed E-state index contributed by atoms with van der Waals surface area (Å²) < 4.78 is 27.8. The lowest BCUT2D eigenvalue weighted by Crippen LogP contribution is -2.18. The number of ether oxygens (including phenoxy) is 5. The van der Waals surface area contributed by atoms with Crippen molar-refractivity contribution >= 4 is 18.1 Å². The first-order chi connectivity index (χ1) is 18.6. The second kappa shape index (κ2) is 10.7. The molecule has 0 saturated carbocycles. The highest BCUT2D eigenvalue weighted by atomic mass is 16.6. The van der Waals surface area contributed by atoms with E-state index >= 15 is 0 Å². The van der Waals surface area contributed by atoms with Crippen LogP contribution in [0.15, 0.2) is 78.9 Å². The van der Waals surface area contributed by atoms with E-state index in [1.807, 2.05) is 78.9 Å². The van der Waals surface area contributed by atoms with Gasteiger partial charge in [0.15, 0.2) is 23.0 Å². The summed E-state index contributed by atoms with van der Waals surface area (Å²) in [6.07, 6.45) is 3.83. The fraction of sp³-hybridized carbons (Fsp3) is 0.156. The third-order valence-corrected chi connectivity index (χ3v) is 6.62. The molecular formula is C32H28O6. The molecule has 0 atom stereocenters. The van der Waals surface area contributed by atoms with Gasteiger partial charge in [-0.2, -0.15) is 0 Å². The summed E-state index contributed by atoms with van der Waals surface area (Å²) in [5.74, 6) is 1.62. The van der Waals surface area contributed by atoms with Crippen molar-refractivity contribution in [2.75, 3.05) is 28.4 Å². The summed E-state index contributed by atoms with van der Waals surface area (Å²) in [6, 6.07) is 25.1. The van der Waals surface area contributed by atoms with Gasteiger partial charge in [0.2, 0.25) is 5.75 Å². The third kappa shape index (κ3) is 4.57. The molecule has 0 aliphatic heterocycles. The highest BCUT2D eigenvalue weighted by Crippen LogP contribution is 2.45. The number of methoxy groups -OCH3 is 4. The van der Waals surface area contributed by atoms with Crippen LogP contribution < -0.4 is 23.7 Å². The largest absolute Gasteiger partial charge is 0.493 e. The van der Waals surface area contributed by atoms with E-state index in [1.165, 1.54) is 0 Å². The molecule has 1 aliphatic rings. The van der Waals surface area contributed by atoms with Crippen LogP contribution in [0.25, 0.3) is 23.3 Å². The number of esters is 1. The number of carbonyl (C=O) groups excluding carboxylic acids is 1. The smallest absolute Gasteiger partial charge is 0.323 e. The minimum atomic E-state index is -0.509. The molecule has 0 spiro atoms. The van der Waals surface area contributed by atoms with Gasteiger partial charge in [-0.3, -0.25) is 4.79 Å². The van der Waals surface area contributed by atoms with Gasteiger partial charge >= 0.3 is 5.97 Å². The molecule has 4 aromatic rings. The normalized spacial score (nSPS) is 12.1. The number of hydrogen-bond acceptors (Lipinski definition) is 6. The summed E-state index contributed by atoms with van der Waals surface area (Å²) in [6.45, 7) is 0. The van der Waals surface area contributed by atoms with Gasteiger partial charge in [-0.15, -0.1) is 0 Å². The molecule has 0 bridgehead atoms. The van der Waals surface area contributed by atoms with Crippen molar-refractivity contribution in [1.82, 2.24) is 0 Å². The van der Waals surface area contributed by atoms with Gasteiger partial charge in [-0.05, 0) is 57.6 Å². The van der Waals surface area contributed by atoms with Crippen molar-refractivity contribution in [3.8, 4) is 39.9 Å². The van der Waals surface area contributed by atoms with Gasteiger partial charge in [0.25, 0.3) is 0 Å². The first-order valence-electron chi connectivity index (χ1n) is 12.1. The standard InChI is InChI=1S/C32H28O6/c1-34-26-16-15-20(13-14-21-18-28(35-2)31(37-4)29(19-21)36-3)17-27(26)38-32(33)30-24-11-7-5-9-22(24)23-10-6-8-12-25(23)30/h5-19,30H,1-4H3/b14-13-. The Hall–Kier alpha value is -4.71. The third-order valence-electron chi connectivity index (χ3n) is 6.62. The van der Waals surface area contributed by atoms with Crippen molar-refractivity contribution < 1.29 is 28.5 Å². The molecule has 0 aromatic heterocycles. The fourth-order valence-electron chi connectivity index (χ4n) is 4.84. The lowest BCUT2D eigenvalue weighted by Gasteiger charge is -2.15. The lowest BCUT2D eigenvalue weighted by atomic mass is 9.97. The predicted molar refractivity (Wildman–Crippen MR) is 147 cm³/mol. The Labute approximate surface area is 222 Å². The summed E-state index contributed by atoms with van der Waals surface area (Å²) >= 11 is 0. The summed E-state index contributed by atoms with van der Waals surface area (Å²) in [4.78, 5) is 13.6. The molecule has 6 nitrogen and oxygen atoms in total. The van der Waals surface area contributed by atoms with E-state index < -0.39 is 5.92 Å². The predicted octanol–water partition coefficient (Wildman–Crippen LogP) is 6.61. The number of fused-ring (bicyclic) bond motifs is 3. The van der Waals surface area contributed by atoms with Crippen molar-refractivity contribution in [3.05, 3.63) is 101 Å². The molecule has 192 valence electrons. The lowest BCUT2D eigenvalue weighted by molar-refractivity contribution is -0.135. The Morgan fingerprint density at radius 3 is 1.68 bits per heavy atom. The molecule has 0 radical (unpaired) electrons. The molecule has 0 fully saturated rings. The van der Waals surface area contributed by atoms with E-state index in [4.69, 9.17) is 23.7 Å². The molecular weight excluding hydrogens is 480 g/mol. The molecule has 5 rings (SSSR count). The molecule has 0 amide bonds. The van der Waals surface area contributed by atoms with Crippen LogP contribution in [0, 0.1) is 0 Å². The molecule has 0 N–H and O–H groups in total. The zero-order valence-electron chi connectivity index (χ0n) is 21.7. The highest BCUT2D eigenvalue weighted by molar-refractivity contribution is 5.94. The van der Waals surface area contributed by atoms with Crippen LogP contribution >= 0.6 is 0 Å². The van der Waals surface area contributed by atoms with Gasteiger partial charge < -0.3 is 23.7 Å². The van der Waals surface area contributed by atoms with Crippen LogP contribution in [0.4, 0.5) is 0 Å². The minimum absolute atomic E-state index is 0.353. The average Bonchev–Trinajstić information content (AvgIpc) is 3.30. The highest BCUT2D eigenvalue weighted by Gasteiger charge is 2.35. The van der Waals surface area contributed by atoms with Crippen molar-refractivity contribution in [1.29, 1.82) is 0 Å². The van der Waals surface area contributed by atoms with Crippen molar-refractivity contribution in [3.63, 3.8) is 0 Å². The summed E-state index contributed by atoms with van der Waals surface area (Å²) in [7, 11) is 6.28. The van der Waals surface area contributed by atoms with E-state index in [0.29, 0.717) is 28.7 Å². The molecule has 0 saturated heterocycles. The van der Waals surface area contributed by atoms with E-state index in [9.17, 15) is 4.79 Å². The Balaban J connectivity index is 1.44. The summed E-state index contributed by atoms with van der Waals surface area (Å²) in [5.41, 5.74) is 5.67. The molecule has 0 unspecified atom stereocenters. The molecule has 4 aromatic carbocycles. The van der Waals surface area contributed by atoms with E-state index in [1.54, 1.807) is 40.6 Å². The van der Waals surface area contributed by atoms with Gasteiger partial charge in [-0.1, -0.05) is 66.7 Å². The maximum Gasteiger partial charge on any atom is 0.323 e. The van der Waals surface area contributed by atoms with Crippen molar-refractivity contribution in [2.24, 2.45) is 0 Å². The molecule has 0 heterocycles. The molecule has 38 heavy (non-hydrogen) atoms. The van der Waals surface area contributed by atoms with Gasteiger partial charge in [0, 0.05) is 0 Å². The molecule has 6 heteroatoms. The van der Waals surface area contributed by atoms with E-state index in [2.05, 4.69) is 0 Å². The topological polar surface area (TPSA) is 63.2 Å². The van der Waals surface area contributed by atoms with Crippen LogP contribution in [-0.4, -0.2) is 34.4 Å². The van der Waals surface area contributed by atoms with Crippen LogP contribution in [0.5, 0.6) is 28.7 Å². The number of benzene rings is 4.